The summed E-state index contributed by atoms with van der Waals surface area (Å²) in [5, 5.41) is 9.07. The number of aryl methyl sites for hydroxylation is 1. The van der Waals surface area contributed by atoms with Crippen LogP contribution < -0.4 is 5.73 Å². The zero-order chi connectivity index (χ0) is 15.6. The lowest BCUT2D eigenvalue weighted by Gasteiger charge is -2.30. The van der Waals surface area contributed by atoms with Gasteiger partial charge in [-0.3, -0.25) is 9.59 Å². The number of carbonyl (C=O) groups is 3. The topological polar surface area (TPSA) is 114 Å². The Bertz CT molecular complexity index is 578. The first kappa shape index (κ1) is 15.1. The van der Waals surface area contributed by atoms with Crippen molar-refractivity contribution in [2.75, 3.05) is 13.1 Å². The Kier molecular flexibility index (Phi) is 4.30. The van der Waals surface area contributed by atoms with Gasteiger partial charge in [0.1, 0.15) is 11.3 Å². The Labute approximate surface area is 121 Å². The molecule has 1 atom stereocenters. The highest BCUT2D eigenvalue weighted by molar-refractivity contribution is 5.96. The number of nitrogens with two attached hydrogens (primary N) is 1. The van der Waals surface area contributed by atoms with Crippen molar-refractivity contribution in [1.82, 2.24) is 4.90 Å². The Morgan fingerprint density at radius 3 is 2.71 bits per heavy atom. The highest BCUT2D eigenvalue weighted by Gasteiger charge is 2.30. The van der Waals surface area contributed by atoms with Crippen LogP contribution in [0.1, 0.15) is 46.4 Å². The molecule has 0 aromatic carbocycles. The van der Waals surface area contributed by atoms with Crippen LogP contribution in [0.25, 0.3) is 0 Å². The summed E-state index contributed by atoms with van der Waals surface area (Å²) in [6.07, 6.45) is 1.74. The maximum absolute atomic E-state index is 12.4. The van der Waals surface area contributed by atoms with Crippen molar-refractivity contribution >= 4 is 17.8 Å². The molecule has 1 fully saturated rings. The highest BCUT2D eigenvalue weighted by atomic mass is 16.4. The molecule has 114 valence electrons. The van der Waals surface area contributed by atoms with E-state index in [0.717, 1.165) is 0 Å². The summed E-state index contributed by atoms with van der Waals surface area (Å²) in [5.41, 5.74) is 5.28. The van der Waals surface area contributed by atoms with E-state index < -0.39 is 17.8 Å². The van der Waals surface area contributed by atoms with E-state index in [2.05, 4.69) is 0 Å². The van der Waals surface area contributed by atoms with Gasteiger partial charge in [0.2, 0.25) is 5.91 Å². The number of nitrogens with zero attached hydrogens (tertiary/aromatic N) is 1. The first-order chi connectivity index (χ1) is 9.93. The van der Waals surface area contributed by atoms with Crippen molar-refractivity contribution < 1.29 is 23.9 Å². The van der Waals surface area contributed by atoms with Crippen LogP contribution in [0.2, 0.25) is 0 Å². The zero-order valence-electron chi connectivity index (χ0n) is 11.8. The van der Waals surface area contributed by atoms with Gasteiger partial charge in [-0.05, 0) is 12.8 Å². The molecule has 1 aromatic heterocycles. The van der Waals surface area contributed by atoms with Crippen LogP contribution in [0.4, 0.5) is 0 Å². The summed E-state index contributed by atoms with van der Waals surface area (Å²) in [6.45, 7) is 2.51. The number of amides is 2. The molecule has 0 bridgehead atoms. The van der Waals surface area contributed by atoms with Crippen LogP contribution in [0.3, 0.4) is 0 Å². The van der Waals surface area contributed by atoms with Crippen molar-refractivity contribution in [3.05, 3.63) is 23.2 Å². The van der Waals surface area contributed by atoms with Crippen molar-refractivity contribution in [2.45, 2.75) is 26.2 Å². The molecule has 2 rings (SSSR count). The van der Waals surface area contributed by atoms with E-state index in [1.54, 1.807) is 6.92 Å². The van der Waals surface area contributed by atoms with Gasteiger partial charge in [0.25, 0.3) is 5.91 Å². The summed E-state index contributed by atoms with van der Waals surface area (Å²) in [5.74, 6) is -2.04. The lowest BCUT2D eigenvalue weighted by atomic mass is 9.97. The SMILES string of the molecule is CCc1oc(C(=O)N2CCCC(C(N)=O)C2)cc1C(=O)O. The molecule has 7 heteroatoms. The average Bonchev–Trinajstić information content (AvgIpc) is 2.91. The van der Waals surface area contributed by atoms with Crippen LogP contribution in [0, 0.1) is 5.92 Å². The monoisotopic (exact) mass is 294 g/mol. The third-order valence-electron chi connectivity index (χ3n) is 3.68. The Balaban J connectivity index is 2.20. The summed E-state index contributed by atoms with van der Waals surface area (Å²) in [6, 6.07) is 1.25. The van der Waals surface area contributed by atoms with Crippen LogP contribution in [0.5, 0.6) is 0 Å². The molecule has 0 radical (unpaired) electrons. The number of rotatable bonds is 4. The predicted molar refractivity (Wildman–Crippen MR) is 72.9 cm³/mol. The normalized spacial score (nSPS) is 18.5. The molecule has 1 unspecified atom stereocenters. The molecule has 2 heterocycles. The summed E-state index contributed by atoms with van der Waals surface area (Å²) >= 11 is 0. The van der Waals surface area contributed by atoms with E-state index in [0.29, 0.717) is 25.8 Å². The van der Waals surface area contributed by atoms with Gasteiger partial charge in [0.05, 0.1) is 5.92 Å². The number of carboxylic acid groups (broad SMARTS) is 1. The van der Waals surface area contributed by atoms with Gasteiger partial charge in [0.15, 0.2) is 5.76 Å². The number of likely N-dealkylation sites (tertiary alicyclic amines) is 1. The maximum atomic E-state index is 12.4. The highest BCUT2D eigenvalue weighted by Crippen LogP contribution is 2.22. The van der Waals surface area contributed by atoms with Crippen molar-refractivity contribution in [1.29, 1.82) is 0 Å². The maximum Gasteiger partial charge on any atom is 0.339 e. The van der Waals surface area contributed by atoms with E-state index in [4.69, 9.17) is 15.3 Å². The van der Waals surface area contributed by atoms with Gasteiger partial charge in [-0.2, -0.15) is 0 Å². The Morgan fingerprint density at radius 2 is 2.19 bits per heavy atom. The molecule has 3 N–H and O–H groups in total. The predicted octanol–water partition coefficient (Wildman–Crippen LogP) is 0.878. The first-order valence-electron chi connectivity index (χ1n) is 6.88. The van der Waals surface area contributed by atoms with Crippen LogP contribution in [0.15, 0.2) is 10.5 Å². The second-order valence-corrected chi connectivity index (χ2v) is 5.10. The fraction of sp³-hybridized carbons (Fsp3) is 0.500. The minimum absolute atomic E-state index is 0.00399. The van der Waals surface area contributed by atoms with E-state index in [-0.39, 0.29) is 29.5 Å². The van der Waals surface area contributed by atoms with Crippen molar-refractivity contribution in [3.8, 4) is 0 Å². The largest absolute Gasteiger partial charge is 0.478 e. The summed E-state index contributed by atoms with van der Waals surface area (Å²) < 4.78 is 5.35. The van der Waals surface area contributed by atoms with Gasteiger partial charge < -0.3 is 20.2 Å². The quantitative estimate of drug-likeness (QED) is 0.855. The number of primary amides is 1. The molecule has 7 nitrogen and oxygen atoms in total. The number of hydrogen-bond acceptors (Lipinski definition) is 4. The van der Waals surface area contributed by atoms with Crippen LogP contribution in [-0.4, -0.2) is 40.9 Å². The first-order valence-corrected chi connectivity index (χ1v) is 6.88. The standard InChI is InChI=1S/C14H18N2O5/c1-2-10-9(14(19)20)6-11(21-10)13(18)16-5-3-4-8(7-16)12(15)17/h6,8H,2-5,7H2,1H3,(H2,15,17)(H,19,20). The van der Waals surface area contributed by atoms with Crippen LogP contribution >= 0.6 is 0 Å². The van der Waals surface area contributed by atoms with Gasteiger partial charge in [-0.1, -0.05) is 6.92 Å². The van der Waals surface area contributed by atoms with E-state index in [9.17, 15) is 14.4 Å². The lowest BCUT2D eigenvalue weighted by Crippen LogP contribution is -2.44. The number of aromatic carboxylic acids is 1. The van der Waals surface area contributed by atoms with Gasteiger partial charge in [0, 0.05) is 25.6 Å². The molecular weight excluding hydrogens is 276 g/mol. The van der Waals surface area contributed by atoms with Gasteiger partial charge >= 0.3 is 5.97 Å². The fourth-order valence-electron chi connectivity index (χ4n) is 2.53. The molecule has 0 aliphatic carbocycles. The van der Waals surface area contributed by atoms with E-state index in [1.165, 1.54) is 11.0 Å². The second-order valence-electron chi connectivity index (χ2n) is 5.10. The minimum Gasteiger partial charge on any atom is -0.478 e. The molecule has 21 heavy (non-hydrogen) atoms. The third-order valence-corrected chi connectivity index (χ3v) is 3.68. The van der Waals surface area contributed by atoms with Gasteiger partial charge in [-0.25, -0.2) is 4.79 Å². The Morgan fingerprint density at radius 1 is 1.48 bits per heavy atom. The van der Waals surface area contributed by atoms with E-state index >= 15 is 0 Å². The molecule has 2 amide bonds. The zero-order valence-corrected chi connectivity index (χ0v) is 11.8. The smallest absolute Gasteiger partial charge is 0.339 e. The molecule has 1 saturated heterocycles. The van der Waals surface area contributed by atoms with Crippen molar-refractivity contribution in [3.63, 3.8) is 0 Å². The number of furan rings is 1. The second kappa shape index (κ2) is 5.99. The van der Waals surface area contributed by atoms with Crippen molar-refractivity contribution in [2.24, 2.45) is 11.7 Å². The average molecular weight is 294 g/mol. The van der Waals surface area contributed by atoms with Gasteiger partial charge in [-0.15, -0.1) is 0 Å². The molecule has 1 aliphatic heterocycles. The number of carboxylic acids is 1. The third kappa shape index (κ3) is 3.07. The molecule has 1 aliphatic rings. The number of piperidine rings is 1. The lowest BCUT2D eigenvalue weighted by molar-refractivity contribution is -0.123. The number of carbonyl (C=O) groups excluding carboxylic acids is 2. The molecule has 0 spiro atoms. The molecule has 1 aromatic rings. The van der Waals surface area contributed by atoms with Crippen LogP contribution in [-0.2, 0) is 11.2 Å². The fourth-order valence-corrected chi connectivity index (χ4v) is 2.53. The summed E-state index contributed by atoms with van der Waals surface area (Å²) in [4.78, 5) is 36.2. The molecular formula is C14H18N2O5. The molecule has 0 saturated carbocycles. The minimum atomic E-state index is -1.12. The Hall–Kier alpha value is -2.31. The summed E-state index contributed by atoms with van der Waals surface area (Å²) in [7, 11) is 0. The van der Waals surface area contributed by atoms with E-state index in [1.807, 2.05) is 0 Å². The number of hydrogen-bond donors (Lipinski definition) is 2.